The molecule has 27 heavy (non-hydrogen) atoms. The minimum absolute atomic E-state index is 0.0121. The fourth-order valence-corrected chi connectivity index (χ4v) is 3.32. The monoisotopic (exact) mass is 368 g/mol. The van der Waals surface area contributed by atoms with Crippen molar-refractivity contribution in [1.82, 2.24) is 9.80 Å². The van der Waals surface area contributed by atoms with Gasteiger partial charge in [0.25, 0.3) is 0 Å². The van der Waals surface area contributed by atoms with E-state index in [-0.39, 0.29) is 17.5 Å². The van der Waals surface area contributed by atoms with Gasteiger partial charge < -0.3 is 4.90 Å². The summed E-state index contributed by atoms with van der Waals surface area (Å²) >= 11 is 0. The number of rotatable bonds is 6. The molecule has 0 aromatic heterocycles. The SMILES string of the molecule is Cc1cc(C(=O)CN2CCN(C(=O)CCc3ccccc3)CC2)ccc1F. The molecule has 4 nitrogen and oxygen atoms in total. The van der Waals surface area contributed by atoms with Gasteiger partial charge in [0, 0.05) is 38.2 Å². The number of hydrogen-bond acceptors (Lipinski definition) is 3. The van der Waals surface area contributed by atoms with Crippen LogP contribution >= 0.6 is 0 Å². The van der Waals surface area contributed by atoms with Crippen molar-refractivity contribution in [3.05, 3.63) is 71.0 Å². The summed E-state index contributed by atoms with van der Waals surface area (Å²) in [5.74, 6) is -0.143. The zero-order valence-electron chi connectivity index (χ0n) is 15.7. The highest BCUT2D eigenvalue weighted by Gasteiger charge is 2.22. The number of halogens is 1. The summed E-state index contributed by atoms with van der Waals surface area (Å²) in [4.78, 5) is 28.7. The van der Waals surface area contributed by atoms with E-state index >= 15 is 0 Å². The average Bonchev–Trinajstić information content (AvgIpc) is 2.69. The third-order valence-corrected chi connectivity index (χ3v) is 5.04. The van der Waals surface area contributed by atoms with Crippen LogP contribution in [0.25, 0.3) is 0 Å². The summed E-state index contributed by atoms with van der Waals surface area (Å²) in [5.41, 5.74) is 2.19. The van der Waals surface area contributed by atoms with Crippen molar-refractivity contribution < 1.29 is 14.0 Å². The van der Waals surface area contributed by atoms with Crippen LogP contribution < -0.4 is 0 Å². The molecule has 142 valence electrons. The largest absolute Gasteiger partial charge is 0.340 e. The predicted octanol–water partition coefficient (Wildman–Crippen LogP) is 3.09. The minimum atomic E-state index is -0.297. The number of hydrogen-bond donors (Lipinski definition) is 0. The molecule has 0 spiro atoms. The van der Waals surface area contributed by atoms with Crippen molar-refractivity contribution in [2.45, 2.75) is 19.8 Å². The molecule has 0 N–H and O–H groups in total. The van der Waals surface area contributed by atoms with Crippen LogP contribution in [0.1, 0.15) is 27.9 Å². The standard InChI is InChI=1S/C22H25FN2O2/c1-17-15-19(8-9-20(17)23)21(26)16-24-11-13-25(14-12-24)22(27)10-7-18-5-3-2-4-6-18/h2-6,8-9,15H,7,10-14,16H2,1H3. The zero-order chi connectivity index (χ0) is 19.2. The average molecular weight is 368 g/mol. The number of nitrogens with zero attached hydrogens (tertiary/aromatic N) is 2. The molecule has 1 fully saturated rings. The second-order valence-electron chi connectivity index (χ2n) is 7.03. The smallest absolute Gasteiger partial charge is 0.222 e. The van der Waals surface area contributed by atoms with Gasteiger partial charge >= 0.3 is 0 Å². The first-order valence-electron chi connectivity index (χ1n) is 9.36. The van der Waals surface area contributed by atoms with Crippen LogP contribution in [0, 0.1) is 12.7 Å². The van der Waals surface area contributed by atoms with E-state index in [9.17, 15) is 14.0 Å². The van der Waals surface area contributed by atoms with E-state index in [1.54, 1.807) is 13.0 Å². The van der Waals surface area contributed by atoms with E-state index in [2.05, 4.69) is 4.90 Å². The van der Waals surface area contributed by atoms with Crippen molar-refractivity contribution in [2.24, 2.45) is 0 Å². The summed E-state index contributed by atoms with van der Waals surface area (Å²) < 4.78 is 13.4. The van der Waals surface area contributed by atoms with Gasteiger partial charge in [0.2, 0.25) is 5.91 Å². The highest BCUT2D eigenvalue weighted by molar-refractivity contribution is 5.97. The molecule has 5 heteroatoms. The first-order chi connectivity index (χ1) is 13.0. The number of benzene rings is 2. The van der Waals surface area contributed by atoms with E-state index in [1.807, 2.05) is 35.2 Å². The van der Waals surface area contributed by atoms with Crippen molar-refractivity contribution in [3.63, 3.8) is 0 Å². The molecular weight excluding hydrogens is 343 g/mol. The molecule has 0 bridgehead atoms. The zero-order valence-corrected chi connectivity index (χ0v) is 15.7. The van der Waals surface area contributed by atoms with Gasteiger partial charge in [0.1, 0.15) is 5.82 Å². The molecule has 1 aliphatic heterocycles. The quantitative estimate of drug-likeness (QED) is 0.736. The lowest BCUT2D eigenvalue weighted by Crippen LogP contribution is -2.50. The van der Waals surface area contributed by atoms with Gasteiger partial charge in [0.15, 0.2) is 5.78 Å². The number of ketones is 1. The number of carbonyl (C=O) groups is 2. The third-order valence-electron chi connectivity index (χ3n) is 5.04. The molecule has 1 amide bonds. The third kappa shape index (κ3) is 5.23. The van der Waals surface area contributed by atoms with Gasteiger partial charge in [-0.05, 0) is 42.7 Å². The number of Topliss-reactive ketones (excluding diaryl/α,β-unsaturated/α-hetero) is 1. The van der Waals surface area contributed by atoms with Gasteiger partial charge in [-0.3, -0.25) is 14.5 Å². The summed E-state index contributed by atoms with van der Waals surface area (Å²) in [5, 5.41) is 0. The summed E-state index contributed by atoms with van der Waals surface area (Å²) in [6.45, 7) is 4.61. The maximum atomic E-state index is 13.4. The Morgan fingerprint density at radius 3 is 2.37 bits per heavy atom. The topological polar surface area (TPSA) is 40.6 Å². The summed E-state index contributed by atoms with van der Waals surface area (Å²) in [6, 6.07) is 14.5. The molecule has 2 aromatic rings. The molecule has 0 atom stereocenters. The normalized spacial score (nSPS) is 15.0. The number of amides is 1. The van der Waals surface area contributed by atoms with Crippen LogP contribution in [0.4, 0.5) is 4.39 Å². The summed E-state index contributed by atoms with van der Waals surface area (Å²) in [7, 11) is 0. The highest BCUT2D eigenvalue weighted by atomic mass is 19.1. The van der Waals surface area contributed by atoms with E-state index in [0.717, 1.165) is 6.42 Å². The maximum absolute atomic E-state index is 13.4. The first-order valence-corrected chi connectivity index (χ1v) is 9.36. The Bertz CT molecular complexity index is 799. The molecule has 3 rings (SSSR count). The number of carbonyl (C=O) groups excluding carboxylic acids is 2. The van der Waals surface area contributed by atoms with E-state index in [1.165, 1.54) is 17.7 Å². The van der Waals surface area contributed by atoms with Crippen molar-refractivity contribution in [2.75, 3.05) is 32.7 Å². The molecule has 2 aromatic carbocycles. The van der Waals surface area contributed by atoms with Crippen LogP contribution in [0.5, 0.6) is 0 Å². The van der Waals surface area contributed by atoms with Gasteiger partial charge in [-0.1, -0.05) is 30.3 Å². The van der Waals surface area contributed by atoms with Gasteiger partial charge in [-0.25, -0.2) is 4.39 Å². The Labute approximate surface area is 159 Å². The van der Waals surface area contributed by atoms with Crippen LogP contribution in [-0.2, 0) is 11.2 Å². The number of aryl methyl sites for hydroxylation is 2. The van der Waals surface area contributed by atoms with Gasteiger partial charge in [0.05, 0.1) is 6.54 Å². The Hall–Kier alpha value is -2.53. The molecule has 0 radical (unpaired) electrons. The predicted molar refractivity (Wildman–Crippen MR) is 103 cm³/mol. The first kappa shape index (κ1) is 19.2. The summed E-state index contributed by atoms with van der Waals surface area (Å²) in [6.07, 6.45) is 1.26. The fourth-order valence-electron chi connectivity index (χ4n) is 3.32. The van der Waals surface area contributed by atoms with Crippen LogP contribution in [0.15, 0.2) is 48.5 Å². The lowest BCUT2D eigenvalue weighted by atomic mass is 10.1. The molecular formula is C22H25FN2O2. The molecule has 0 aliphatic carbocycles. The Morgan fingerprint density at radius 2 is 1.70 bits per heavy atom. The van der Waals surface area contributed by atoms with E-state index in [0.29, 0.717) is 50.3 Å². The van der Waals surface area contributed by atoms with E-state index in [4.69, 9.17) is 0 Å². The second kappa shape index (κ2) is 8.91. The van der Waals surface area contributed by atoms with Crippen LogP contribution in [-0.4, -0.2) is 54.2 Å². The minimum Gasteiger partial charge on any atom is -0.340 e. The molecule has 0 saturated carbocycles. The molecule has 1 aliphatic rings. The van der Waals surface area contributed by atoms with Crippen molar-refractivity contribution >= 4 is 11.7 Å². The second-order valence-corrected chi connectivity index (χ2v) is 7.03. The molecule has 1 saturated heterocycles. The van der Waals surface area contributed by atoms with Gasteiger partial charge in [-0.15, -0.1) is 0 Å². The number of piperazine rings is 1. The molecule has 1 heterocycles. The fraction of sp³-hybridized carbons (Fsp3) is 0.364. The molecule has 0 unspecified atom stereocenters. The Morgan fingerprint density at radius 1 is 1.00 bits per heavy atom. The highest BCUT2D eigenvalue weighted by Crippen LogP contribution is 2.12. The van der Waals surface area contributed by atoms with Crippen LogP contribution in [0.2, 0.25) is 0 Å². The lowest BCUT2D eigenvalue weighted by molar-refractivity contribution is -0.132. The Kier molecular flexibility index (Phi) is 6.35. The van der Waals surface area contributed by atoms with Crippen LogP contribution in [0.3, 0.4) is 0 Å². The van der Waals surface area contributed by atoms with E-state index < -0.39 is 0 Å². The van der Waals surface area contributed by atoms with Gasteiger partial charge in [-0.2, -0.15) is 0 Å². The lowest BCUT2D eigenvalue weighted by Gasteiger charge is -2.34. The van der Waals surface area contributed by atoms with Crippen molar-refractivity contribution in [3.8, 4) is 0 Å². The Balaban J connectivity index is 1.44. The maximum Gasteiger partial charge on any atom is 0.222 e. The van der Waals surface area contributed by atoms with Crippen molar-refractivity contribution in [1.29, 1.82) is 0 Å².